The second-order valence-electron chi connectivity index (χ2n) is 9.83. The smallest absolute Gasteiger partial charge is 0.251 e. The number of aromatic amines is 1. The Morgan fingerprint density at radius 1 is 1.08 bits per heavy atom. The van der Waals surface area contributed by atoms with Crippen LogP contribution in [0.2, 0.25) is 0 Å². The largest absolute Gasteiger partial charge is 0.392 e. The summed E-state index contributed by atoms with van der Waals surface area (Å²) in [5.41, 5.74) is 4.71. The summed E-state index contributed by atoms with van der Waals surface area (Å²) in [6.45, 7) is 6.87. The van der Waals surface area contributed by atoms with Gasteiger partial charge in [-0.1, -0.05) is 38.1 Å². The standard InChI is InChI=1S/C29H32N6O3/c1-19-15-31-28(35-26(19)23-16-30-24-8-5-4-7-22(23)24)33-18-29(2,3)17-32-27(38)20-10-12-21(13-11-20)34-25(37)9-6-14-36/h4-13,15-16,30,36H,14,17-18H2,1-3H3,(H,32,38)(H,34,37)(H,31,33,35)/b9-6+. The molecule has 38 heavy (non-hydrogen) atoms. The lowest BCUT2D eigenvalue weighted by Crippen LogP contribution is -2.38. The van der Waals surface area contributed by atoms with Crippen LogP contribution in [0.3, 0.4) is 0 Å². The van der Waals surface area contributed by atoms with Crippen molar-refractivity contribution in [2.24, 2.45) is 5.41 Å². The minimum absolute atomic E-state index is 0.204. The molecule has 0 spiro atoms. The molecule has 9 nitrogen and oxygen atoms in total. The first-order valence-corrected chi connectivity index (χ1v) is 12.4. The number of H-pyrrole nitrogens is 1. The van der Waals surface area contributed by atoms with E-state index in [4.69, 9.17) is 10.1 Å². The first-order chi connectivity index (χ1) is 18.3. The number of hydrogen-bond donors (Lipinski definition) is 5. The zero-order chi connectivity index (χ0) is 27.1. The van der Waals surface area contributed by atoms with Crippen molar-refractivity contribution >= 4 is 34.4 Å². The van der Waals surface area contributed by atoms with Gasteiger partial charge in [-0.2, -0.15) is 0 Å². The van der Waals surface area contributed by atoms with Gasteiger partial charge in [0.2, 0.25) is 11.9 Å². The van der Waals surface area contributed by atoms with E-state index in [1.807, 2.05) is 51.4 Å². The average molecular weight is 513 g/mol. The molecule has 0 fully saturated rings. The SMILES string of the molecule is Cc1cnc(NCC(C)(C)CNC(=O)c2ccc(NC(=O)/C=C/CO)cc2)nc1-c1c[nH]c2ccccc12. The van der Waals surface area contributed by atoms with E-state index in [1.165, 1.54) is 12.2 Å². The number of aryl methyl sites for hydroxylation is 1. The summed E-state index contributed by atoms with van der Waals surface area (Å²) in [5.74, 6) is -0.0253. The quantitative estimate of drug-likeness (QED) is 0.201. The van der Waals surface area contributed by atoms with Crippen molar-refractivity contribution < 1.29 is 14.7 Å². The Balaban J connectivity index is 1.33. The summed E-state index contributed by atoms with van der Waals surface area (Å²) < 4.78 is 0. The van der Waals surface area contributed by atoms with Gasteiger partial charge in [0.15, 0.2) is 0 Å². The van der Waals surface area contributed by atoms with Crippen LogP contribution in [0.4, 0.5) is 11.6 Å². The highest BCUT2D eigenvalue weighted by Crippen LogP contribution is 2.29. The number of para-hydroxylation sites is 1. The fraction of sp³-hybridized carbons (Fsp3) is 0.241. The van der Waals surface area contributed by atoms with Crippen LogP contribution in [0.5, 0.6) is 0 Å². The number of anilines is 2. The zero-order valence-corrected chi connectivity index (χ0v) is 21.7. The Labute approximate surface area is 221 Å². The van der Waals surface area contributed by atoms with Crippen LogP contribution in [0.15, 0.2) is 73.1 Å². The Morgan fingerprint density at radius 3 is 2.61 bits per heavy atom. The van der Waals surface area contributed by atoms with E-state index < -0.39 is 0 Å². The van der Waals surface area contributed by atoms with Gasteiger partial charge < -0.3 is 26.0 Å². The number of carbonyl (C=O) groups excluding carboxylic acids is 2. The van der Waals surface area contributed by atoms with Crippen molar-refractivity contribution in [3.05, 3.63) is 84.2 Å². The van der Waals surface area contributed by atoms with E-state index in [0.717, 1.165) is 27.7 Å². The van der Waals surface area contributed by atoms with Gasteiger partial charge in [-0.3, -0.25) is 9.59 Å². The minimum Gasteiger partial charge on any atom is -0.392 e. The number of aliphatic hydroxyl groups excluding tert-OH is 1. The van der Waals surface area contributed by atoms with Gasteiger partial charge in [0, 0.05) is 59.3 Å². The molecule has 9 heteroatoms. The summed E-state index contributed by atoms with van der Waals surface area (Å²) in [4.78, 5) is 36.9. The number of carbonyl (C=O) groups is 2. The molecule has 0 saturated heterocycles. The first kappa shape index (κ1) is 26.6. The second kappa shape index (κ2) is 11.7. The fourth-order valence-electron chi connectivity index (χ4n) is 3.92. The van der Waals surface area contributed by atoms with E-state index in [1.54, 1.807) is 24.3 Å². The van der Waals surface area contributed by atoms with Gasteiger partial charge >= 0.3 is 0 Å². The number of benzene rings is 2. The minimum atomic E-state index is -0.350. The fourth-order valence-corrected chi connectivity index (χ4v) is 3.92. The predicted molar refractivity (Wildman–Crippen MR) is 150 cm³/mol. The molecule has 196 valence electrons. The number of hydrogen-bond acceptors (Lipinski definition) is 6. The van der Waals surface area contributed by atoms with Gasteiger partial charge in [-0.15, -0.1) is 0 Å². The van der Waals surface area contributed by atoms with Crippen LogP contribution in [-0.2, 0) is 4.79 Å². The van der Waals surface area contributed by atoms with Gasteiger partial charge in [0.1, 0.15) is 0 Å². The molecule has 2 heterocycles. The molecular weight excluding hydrogens is 480 g/mol. The van der Waals surface area contributed by atoms with Crippen molar-refractivity contribution in [2.75, 3.05) is 30.3 Å². The van der Waals surface area contributed by atoms with Crippen molar-refractivity contribution in [3.8, 4) is 11.3 Å². The predicted octanol–water partition coefficient (Wildman–Crippen LogP) is 4.29. The van der Waals surface area contributed by atoms with E-state index in [2.05, 4.69) is 32.0 Å². The van der Waals surface area contributed by atoms with Crippen LogP contribution < -0.4 is 16.0 Å². The van der Waals surface area contributed by atoms with Crippen LogP contribution >= 0.6 is 0 Å². The highest BCUT2D eigenvalue weighted by Gasteiger charge is 2.20. The Bertz CT molecular complexity index is 1460. The van der Waals surface area contributed by atoms with Crippen LogP contribution in [0, 0.1) is 12.3 Å². The van der Waals surface area contributed by atoms with Crippen LogP contribution in [-0.4, -0.2) is 51.6 Å². The van der Waals surface area contributed by atoms with Crippen molar-refractivity contribution in [1.82, 2.24) is 20.3 Å². The van der Waals surface area contributed by atoms with E-state index in [0.29, 0.717) is 30.3 Å². The summed E-state index contributed by atoms with van der Waals surface area (Å²) in [5, 5.41) is 18.8. The number of amides is 2. The number of nitrogens with one attached hydrogen (secondary N) is 4. The molecule has 0 atom stereocenters. The topological polar surface area (TPSA) is 132 Å². The molecule has 5 N–H and O–H groups in total. The summed E-state index contributed by atoms with van der Waals surface area (Å²) >= 11 is 0. The molecule has 0 aliphatic carbocycles. The lowest BCUT2D eigenvalue weighted by Gasteiger charge is -2.25. The van der Waals surface area contributed by atoms with Crippen molar-refractivity contribution in [2.45, 2.75) is 20.8 Å². The molecule has 2 amide bonds. The van der Waals surface area contributed by atoms with Crippen LogP contribution in [0.1, 0.15) is 29.8 Å². The lowest BCUT2D eigenvalue weighted by atomic mass is 9.93. The van der Waals surface area contributed by atoms with Crippen LogP contribution in [0.25, 0.3) is 22.2 Å². The summed E-state index contributed by atoms with van der Waals surface area (Å²) in [7, 11) is 0. The number of nitrogens with zero attached hydrogens (tertiary/aromatic N) is 2. The normalized spacial score (nSPS) is 11.6. The van der Waals surface area contributed by atoms with E-state index >= 15 is 0 Å². The van der Waals surface area contributed by atoms with Gasteiger partial charge in [-0.05, 0) is 48.2 Å². The molecule has 0 saturated carbocycles. The highest BCUT2D eigenvalue weighted by atomic mass is 16.2. The molecule has 4 rings (SSSR count). The molecular formula is C29H32N6O3. The van der Waals surface area contributed by atoms with E-state index in [-0.39, 0.29) is 23.8 Å². The maximum absolute atomic E-state index is 12.7. The monoisotopic (exact) mass is 512 g/mol. The summed E-state index contributed by atoms with van der Waals surface area (Å²) in [6, 6.07) is 14.7. The molecule has 0 unspecified atom stereocenters. The average Bonchev–Trinajstić information content (AvgIpc) is 3.34. The highest BCUT2D eigenvalue weighted by molar-refractivity contribution is 6.00. The third-order valence-electron chi connectivity index (χ3n) is 6.06. The van der Waals surface area contributed by atoms with E-state index in [9.17, 15) is 9.59 Å². The lowest BCUT2D eigenvalue weighted by molar-refractivity contribution is -0.111. The third-order valence-corrected chi connectivity index (χ3v) is 6.06. The maximum Gasteiger partial charge on any atom is 0.251 e. The molecule has 4 aromatic rings. The Hall–Kier alpha value is -4.50. The molecule has 2 aromatic carbocycles. The first-order valence-electron chi connectivity index (χ1n) is 12.4. The van der Waals surface area contributed by atoms with Crippen molar-refractivity contribution in [1.29, 1.82) is 0 Å². The maximum atomic E-state index is 12.7. The van der Waals surface area contributed by atoms with Gasteiger partial charge in [0.25, 0.3) is 5.91 Å². The number of fused-ring (bicyclic) bond motifs is 1. The third kappa shape index (κ3) is 6.63. The molecule has 0 bridgehead atoms. The number of aliphatic hydroxyl groups is 1. The number of aromatic nitrogens is 3. The molecule has 2 aromatic heterocycles. The zero-order valence-electron chi connectivity index (χ0n) is 21.7. The molecule has 0 radical (unpaired) electrons. The Kier molecular flexibility index (Phi) is 8.18. The van der Waals surface area contributed by atoms with Gasteiger partial charge in [-0.25, -0.2) is 9.97 Å². The Morgan fingerprint density at radius 2 is 1.84 bits per heavy atom. The summed E-state index contributed by atoms with van der Waals surface area (Å²) in [6.07, 6.45) is 6.39. The number of rotatable bonds is 10. The van der Waals surface area contributed by atoms with Crippen molar-refractivity contribution in [3.63, 3.8) is 0 Å². The molecule has 0 aliphatic rings. The second-order valence-corrected chi connectivity index (χ2v) is 9.83. The molecule has 0 aliphatic heterocycles. The van der Waals surface area contributed by atoms with Gasteiger partial charge in [0.05, 0.1) is 12.3 Å².